The summed E-state index contributed by atoms with van der Waals surface area (Å²) in [5.41, 5.74) is 4.72. The molecule has 0 saturated carbocycles. The Kier molecular flexibility index (Phi) is 4.51. The molecule has 0 radical (unpaired) electrons. The summed E-state index contributed by atoms with van der Waals surface area (Å²) in [4.78, 5) is 9.44. The van der Waals surface area contributed by atoms with E-state index in [4.69, 9.17) is 21.3 Å². The molecular weight excluding hydrogens is 422 g/mol. The predicted octanol–water partition coefficient (Wildman–Crippen LogP) is 5.51. The van der Waals surface area contributed by atoms with Crippen LogP contribution in [-0.2, 0) is 6.54 Å². The number of ether oxygens (including phenoxy) is 1. The molecule has 0 saturated heterocycles. The molecule has 1 aliphatic heterocycles. The number of hydrogen-bond acceptors (Lipinski definition) is 4. The van der Waals surface area contributed by atoms with Crippen LogP contribution in [0.3, 0.4) is 0 Å². The fourth-order valence-corrected chi connectivity index (χ4v) is 4.24. The van der Waals surface area contributed by atoms with E-state index in [1.807, 2.05) is 54.7 Å². The minimum Gasteiger partial charge on any atom is -0.491 e. The van der Waals surface area contributed by atoms with Crippen LogP contribution < -0.4 is 4.74 Å². The molecule has 6 nitrogen and oxygen atoms in total. The van der Waals surface area contributed by atoms with Crippen molar-refractivity contribution < 1.29 is 4.74 Å². The Bertz CT molecular complexity index is 1420. The van der Waals surface area contributed by atoms with Crippen molar-refractivity contribution in [1.29, 1.82) is 0 Å². The van der Waals surface area contributed by atoms with Gasteiger partial charge in [-0.1, -0.05) is 60.1 Å². The van der Waals surface area contributed by atoms with E-state index in [0.717, 1.165) is 39.6 Å². The summed E-state index contributed by atoms with van der Waals surface area (Å²) < 4.78 is 9.85. The maximum Gasteiger partial charge on any atom is 0.183 e. The molecule has 0 aliphatic carbocycles. The molecule has 0 unspecified atom stereocenters. The van der Waals surface area contributed by atoms with Gasteiger partial charge in [0.2, 0.25) is 0 Å². The molecule has 2 aromatic heterocycles. The maximum atomic E-state index is 6.41. The van der Waals surface area contributed by atoms with Crippen LogP contribution >= 0.6 is 11.6 Å². The number of imidazole rings is 1. The second-order valence-corrected chi connectivity index (χ2v) is 7.92. The van der Waals surface area contributed by atoms with Gasteiger partial charge in [0, 0.05) is 6.20 Å². The van der Waals surface area contributed by atoms with Crippen molar-refractivity contribution in [3.8, 4) is 45.5 Å². The molecule has 156 valence electrons. The first-order valence-electron chi connectivity index (χ1n) is 10.3. The molecule has 3 heterocycles. The molecule has 6 rings (SSSR count). The van der Waals surface area contributed by atoms with Gasteiger partial charge < -0.3 is 9.30 Å². The van der Waals surface area contributed by atoms with E-state index in [2.05, 4.69) is 38.9 Å². The number of halogens is 1. The zero-order valence-electron chi connectivity index (χ0n) is 17.0. The molecular formula is C25H18ClN5O. The van der Waals surface area contributed by atoms with Gasteiger partial charge >= 0.3 is 0 Å². The molecule has 0 amide bonds. The van der Waals surface area contributed by atoms with Crippen molar-refractivity contribution in [3.63, 3.8) is 0 Å². The smallest absolute Gasteiger partial charge is 0.183 e. The number of rotatable bonds is 3. The zero-order valence-corrected chi connectivity index (χ0v) is 17.8. The third kappa shape index (κ3) is 3.16. The van der Waals surface area contributed by atoms with Gasteiger partial charge in [0.05, 0.1) is 22.8 Å². The van der Waals surface area contributed by atoms with Gasteiger partial charge in [-0.25, -0.2) is 14.6 Å². The largest absolute Gasteiger partial charge is 0.491 e. The summed E-state index contributed by atoms with van der Waals surface area (Å²) in [6.45, 7) is 1.26. The second-order valence-electron chi connectivity index (χ2n) is 7.52. The van der Waals surface area contributed by atoms with Crippen LogP contribution in [-0.4, -0.2) is 30.9 Å². The molecule has 3 aromatic carbocycles. The lowest BCUT2D eigenvalue weighted by Crippen LogP contribution is -2.04. The fraction of sp³-hybridized carbons (Fsp3) is 0.0800. The van der Waals surface area contributed by atoms with E-state index in [1.54, 1.807) is 4.68 Å². The summed E-state index contributed by atoms with van der Waals surface area (Å²) in [6.07, 6.45) is 3.52. The van der Waals surface area contributed by atoms with E-state index < -0.39 is 0 Å². The number of fused-ring (bicyclic) bond motifs is 3. The number of aromatic nitrogens is 5. The van der Waals surface area contributed by atoms with Gasteiger partial charge in [0.15, 0.2) is 5.82 Å². The summed E-state index contributed by atoms with van der Waals surface area (Å²) in [6, 6.07) is 24.1. The predicted molar refractivity (Wildman–Crippen MR) is 124 cm³/mol. The maximum absolute atomic E-state index is 6.41. The molecule has 0 fully saturated rings. The lowest BCUT2D eigenvalue weighted by atomic mass is 10.0. The molecule has 0 bridgehead atoms. The van der Waals surface area contributed by atoms with Crippen LogP contribution in [0.25, 0.3) is 39.7 Å². The fourth-order valence-electron chi connectivity index (χ4n) is 4.02. The van der Waals surface area contributed by atoms with Gasteiger partial charge in [0.1, 0.15) is 30.2 Å². The molecule has 32 heavy (non-hydrogen) atoms. The van der Waals surface area contributed by atoms with Crippen molar-refractivity contribution in [2.75, 3.05) is 6.61 Å². The lowest BCUT2D eigenvalue weighted by molar-refractivity contribution is 0.306. The van der Waals surface area contributed by atoms with Gasteiger partial charge in [0.25, 0.3) is 0 Å². The van der Waals surface area contributed by atoms with Crippen LogP contribution in [0, 0.1) is 0 Å². The minimum atomic E-state index is 0.567. The van der Waals surface area contributed by atoms with Crippen LogP contribution in [0.2, 0.25) is 5.02 Å². The van der Waals surface area contributed by atoms with Crippen LogP contribution in [0.1, 0.15) is 0 Å². The first kappa shape index (κ1) is 18.8. The van der Waals surface area contributed by atoms with Crippen molar-refractivity contribution >= 4 is 11.6 Å². The SMILES string of the molecule is Clc1ccccc1-n1ncnc1-c1cn2c(n1)-c1cc(-c3ccccc3)ccc1OCC2. The molecule has 7 heteroatoms. The summed E-state index contributed by atoms with van der Waals surface area (Å²) >= 11 is 6.41. The Morgan fingerprint density at radius 2 is 1.72 bits per heavy atom. The quantitative estimate of drug-likeness (QED) is 0.372. The normalized spacial score (nSPS) is 12.5. The van der Waals surface area contributed by atoms with Crippen LogP contribution in [0.5, 0.6) is 5.75 Å². The first-order valence-corrected chi connectivity index (χ1v) is 10.7. The number of hydrogen-bond donors (Lipinski definition) is 0. The Balaban J connectivity index is 1.48. The Morgan fingerprint density at radius 3 is 2.59 bits per heavy atom. The van der Waals surface area contributed by atoms with Crippen LogP contribution in [0.4, 0.5) is 0 Å². The third-order valence-electron chi connectivity index (χ3n) is 5.55. The van der Waals surface area contributed by atoms with Crippen molar-refractivity contribution in [1.82, 2.24) is 24.3 Å². The van der Waals surface area contributed by atoms with E-state index >= 15 is 0 Å². The summed E-state index contributed by atoms with van der Waals surface area (Å²) in [7, 11) is 0. The topological polar surface area (TPSA) is 57.8 Å². The number of nitrogens with zero attached hydrogens (tertiary/aromatic N) is 5. The number of benzene rings is 3. The molecule has 0 atom stereocenters. The molecule has 0 spiro atoms. The first-order chi connectivity index (χ1) is 15.8. The van der Waals surface area contributed by atoms with Gasteiger partial charge in [-0.3, -0.25) is 0 Å². The highest BCUT2D eigenvalue weighted by molar-refractivity contribution is 6.32. The monoisotopic (exact) mass is 439 g/mol. The van der Waals surface area contributed by atoms with E-state index in [-0.39, 0.29) is 0 Å². The van der Waals surface area contributed by atoms with E-state index in [9.17, 15) is 0 Å². The van der Waals surface area contributed by atoms with Gasteiger partial charge in [-0.05, 0) is 35.4 Å². The molecule has 1 aliphatic rings. The summed E-state index contributed by atoms with van der Waals surface area (Å²) in [5, 5.41) is 5.00. The Labute approximate surface area is 189 Å². The number of para-hydroxylation sites is 1. The minimum absolute atomic E-state index is 0.567. The lowest BCUT2D eigenvalue weighted by Gasteiger charge is -2.09. The zero-order chi connectivity index (χ0) is 21.5. The van der Waals surface area contributed by atoms with Crippen LogP contribution in [0.15, 0.2) is 85.3 Å². The highest BCUT2D eigenvalue weighted by Gasteiger charge is 2.22. The van der Waals surface area contributed by atoms with E-state index in [1.165, 1.54) is 6.33 Å². The van der Waals surface area contributed by atoms with E-state index in [0.29, 0.717) is 24.0 Å². The highest BCUT2D eigenvalue weighted by atomic mass is 35.5. The molecule has 5 aromatic rings. The second kappa shape index (κ2) is 7.66. The average molecular weight is 440 g/mol. The Morgan fingerprint density at radius 1 is 0.875 bits per heavy atom. The standard InChI is InChI=1S/C25H18ClN5O/c26-20-8-4-5-9-22(20)31-25(27-16-28-31)21-15-30-12-13-32-23-11-10-18(14-19(23)24(30)29-21)17-6-2-1-3-7-17/h1-11,14-16H,12-13H2. The molecule has 0 N–H and O–H groups in total. The third-order valence-corrected chi connectivity index (χ3v) is 5.87. The Hall–Kier alpha value is -3.90. The average Bonchev–Trinajstić information content (AvgIpc) is 3.44. The van der Waals surface area contributed by atoms with Crippen molar-refractivity contribution in [2.24, 2.45) is 0 Å². The summed E-state index contributed by atoms with van der Waals surface area (Å²) in [5.74, 6) is 2.31. The van der Waals surface area contributed by atoms with Crippen molar-refractivity contribution in [2.45, 2.75) is 6.54 Å². The highest BCUT2D eigenvalue weighted by Crippen LogP contribution is 2.37. The van der Waals surface area contributed by atoms with Gasteiger partial charge in [-0.15, -0.1) is 0 Å². The van der Waals surface area contributed by atoms with Crippen molar-refractivity contribution in [3.05, 3.63) is 90.3 Å². The van der Waals surface area contributed by atoms with Gasteiger partial charge in [-0.2, -0.15) is 5.10 Å².